The van der Waals surface area contributed by atoms with Crippen LogP contribution in [0, 0.1) is 17.1 Å². The van der Waals surface area contributed by atoms with Crippen LogP contribution in [0.3, 0.4) is 0 Å². The van der Waals surface area contributed by atoms with Gasteiger partial charge in [-0.1, -0.05) is 23.2 Å². The minimum atomic E-state index is -0.784. The average molecular weight is 700 g/mol. The van der Waals surface area contributed by atoms with Crippen LogP contribution in [0.2, 0.25) is 10.0 Å². The van der Waals surface area contributed by atoms with Gasteiger partial charge in [-0.25, -0.2) is 14.4 Å². The Morgan fingerprint density at radius 2 is 1.90 bits per heavy atom. The molecule has 2 aromatic carbocycles. The molecule has 0 spiro atoms. The Morgan fingerprint density at radius 1 is 1.17 bits per heavy atom. The number of carbonyl (C=O) groups excluding carboxylic acids is 2. The third kappa shape index (κ3) is 7.26. The molecular formula is C31H29Cl2FN8O6. The molecule has 2 fully saturated rings. The van der Waals surface area contributed by atoms with E-state index in [1.54, 1.807) is 56.9 Å². The van der Waals surface area contributed by atoms with Crippen LogP contribution in [0.15, 0.2) is 48.9 Å². The fourth-order valence-corrected chi connectivity index (χ4v) is 6.00. The van der Waals surface area contributed by atoms with E-state index in [1.165, 1.54) is 12.3 Å². The highest BCUT2D eigenvalue weighted by molar-refractivity contribution is 6.34. The number of halogens is 3. The summed E-state index contributed by atoms with van der Waals surface area (Å²) in [5, 5.41) is 31.6. The average Bonchev–Trinajstić information content (AvgIpc) is 3.72. The second-order valence-corrected chi connectivity index (χ2v) is 11.5. The molecule has 2 aromatic heterocycles. The molecule has 0 radical (unpaired) electrons. The highest BCUT2D eigenvalue weighted by atomic mass is 35.5. The number of carbonyl (C=O) groups is 3. The number of amides is 2. The number of imidazole rings is 1. The molecule has 17 heteroatoms. The van der Waals surface area contributed by atoms with Gasteiger partial charge in [0.2, 0.25) is 5.91 Å². The van der Waals surface area contributed by atoms with Crippen LogP contribution in [0.25, 0.3) is 16.9 Å². The summed E-state index contributed by atoms with van der Waals surface area (Å²) >= 11 is 12.9. The van der Waals surface area contributed by atoms with Crippen molar-refractivity contribution in [2.24, 2.45) is 0 Å². The first-order chi connectivity index (χ1) is 23.2. The molecule has 0 unspecified atom stereocenters. The van der Waals surface area contributed by atoms with Gasteiger partial charge in [0, 0.05) is 56.4 Å². The number of fused-ring (bicyclic) bond motifs is 1. The second kappa shape index (κ2) is 15.3. The number of nitrogens with zero attached hydrogens (tertiary/aromatic N) is 6. The topological polar surface area (TPSA) is 185 Å². The summed E-state index contributed by atoms with van der Waals surface area (Å²) in [6, 6.07) is 9.33. The normalized spacial score (nSPS) is 17.3. The molecule has 0 bridgehead atoms. The number of nitriles is 1. The van der Waals surface area contributed by atoms with Crippen molar-refractivity contribution in [3.63, 3.8) is 0 Å². The number of benzene rings is 2. The number of carboxylic acid groups (broad SMARTS) is 1. The molecule has 2 amide bonds. The summed E-state index contributed by atoms with van der Waals surface area (Å²) in [7, 11) is 0. The van der Waals surface area contributed by atoms with Gasteiger partial charge in [-0.15, -0.1) is 0 Å². The molecule has 48 heavy (non-hydrogen) atoms. The number of piperazine rings is 1. The Morgan fingerprint density at radius 3 is 2.56 bits per heavy atom. The third-order valence-corrected chi connectivity index (χ3v) is 8.47. The van der Waals surface area contributed by atoms with Crippen LogP contribution < -0.4 is 15.4 Å². The van der Waals surface area contributed by atoms with Crippen LogP contribution in [0.5, 0.6) is 5.75 Å². The number of aliphatic hydroxyl groups excluding tert-OH is 1. The molecule has 0 saturated carbocycles. The maximum atomic E-state index is 14.8. The largest absolute Gasteiger partial charge is 0.483 e. The number of β-amino-alcohol motifs (C(OH)–C–C–N with tert-alkyl or cyclic N) is 1. The Labute approximate surface area is 283 Å². The first-order valence-corrected chi connectivity index (χ1v) is 15.4. The van der Waals surface area contributed by atoms with Crippen molar-refractivity contribution in [2.75, 3.05) is 44.6 Å². The quantitative estimate of drug-likeness (QED) is 0.208. The van der Waals surface area contributed by atoms with Gasteiger partial charge in [0.15, 0.2) is 29.6 Å². The number of ether oxygens (including phenoxy) is 1. The second-order valence-electron chi connectivity index (χ2n) is 10.7. The van der Waals surface area contributed by atoms with E-state index in [9.17, 15) is 19.1 Å². The molecule has 6 rings (SSSR count). The molecule has 4 heterocycles. The van der Waals surface area contributed by atoms with Crippen molar-refractivity contribution in [1.82, 2.24) is 29.5 Å². The fraction of sp³-hybridized carbons (Fsp3) is 0.290. The molecular weight excluding hydrogens is 670 g/mol. The zero-order valence-corrected chi connectivity index (χ0v) is 26.7. The van der Waals surface area contributed by atoms with Crippen LogP contribution in [0.4, 0.5) is 15.9 Å². The first kappa shape index (κ1) is 34.3. The van der Waals surface area contributed by atoms with E-state index in [4.69, 9.17) is 43.1 Å². The summed E-state index contributed by atoms with van der Waals surface area (Å²) in [5.41, 5.74) is 2.19. The van der Waals surface area contributed by atoms with Crippen molar-refractivity contribution in [1.29, 1.82) is 5.26 Å². The van der Waals surface area contributed by atoms with Gasteiger partial charge in [0.25, 0.3) is 12.4 Å². The van der Waals surface area contributed by atoms with E-state index in [0.29, 0.717) is 73.1 Å². The van der Waals surface area contributed by atoms with Crippen LogP contribution in [-0.2, 0) is 9.59 Å². The Kier molecular flexibility index (Phi) is 10.9. The summed E-state index contributed by atoms with van der Waals surface area (Å²) in [6.45, 7) is 1.37. The summed E-state index contributed by atoms with van der Waals surface area (Å²) in [6.07, 6.45) is 4.61. The lowest BCUT2D eigenvalue weighted by atomic mass is 10.1. The number of rotatable bonds is 7. The van der Waals surface area contributed by atoms with Gasteiger partial charge in [-0.2, -0.15) is 5.26 Å². The van der Waals surface area contributed by atoms with Gasteiger partial charge < -0.3 is 35.4 Å². The molecule has 4 N–H and O–H groups in total. The standard InChI is InChI=1S/C30H27Cl2FN8O4.CH2O2/c31-21-13-17(1-2-19(21)29(43)39-8-10-40(11-9-39)30(44)22-14-18(42)15-36-22)38-27-28-37-16-23(41(28)7-6-35-27)20-3-4-24(45-12-5-34)26(33)25(20)32;2-1-3/h1-4,6-7,13,16,18,22,36,42H,8-12,14-15H2,(H,35,38);1H,(H,2,3)/t18-,22+;/m1./s1. The van der Waals surface area contributed by atoms with Crippen molar-refractivity contribution < 1.29 is 33.7 Å². The zero-order valence-electron chi connectivity index (χ0n) is 25.1. The van der Waals surface area contributed by atoms with Crippen molar-refractivity contribution in [3.8, 4) is 23.1 Å². The van der Waals surface area contributed by atoms with Crippen molar-refractivity contribution >= 4 is 58.6 Å². The van der Waals surface area contributed by atoms with E-state index in [-0.39, 0.29) is 40.7 Å². The highest BCUT2D eigenvalue weighted by Gasteiger charge is 2.33. The smallest absolute Gasteiger partial charge is 0.290 e. The third-order valence-electron chi connectivity index (χ3n) is 7.79. The summed E-state index contributed by atoms with van der Waals surface area (Å²) in [5.74, 6) is -0.824. The van der Waals surface area contributed by atoms with Gasteiger partial charge in [0.1, 0.15) is 6.07 Å². The van der Waals surface area contributed by atoms with Gasteiger partial charge in [0.05, 0.1) is 39.6 Å². The molecule has 2 atom stereocenters. The fourth-order valence-electron chi connectivity index (χ4n) is 5.49. The van der Waals surface area contributed by atoms with E-state index >= 15 is 0 Å². The number of aromatic nitrogens is 3. The molecule has 2 saturated heterocycles. The van der Waals surface area contributed by atoms with Gasteiger partial charge in [-0.3, -0.25) is 18.8 Å². The lowest BCUT2D eigenvalue weighted by molar-refractivity contribution is -0.134. The summed E-state index contributed by atoms with van der Waals surface area (Å²) in [4.78, 5) is 46.6. The minimum absolute atomic E-state index is 0.0601. The highest BCUT2D eigenvalue weighted by Crippen LogP contribution is 2.36. The first-order valence-electron chi connectivity index (χ1n) is 14.6. The Hall–Kier alpha value is -5.01. The molecule has 0 aliphatic carbocycles. The molecule has 2 aliphatic rings. The zero-order chi connectivity index (χ0) is 34.4. The monoisotopic (exact) mass is 698 g/mol. The van der Waals surface area contributed by atoms with Crippen LogP contribution >= 0.6 is 23.2 Å². The number of nitrogens with one attached hydrogen (secondary N) is 2. The maximum Gasteiger partial charge on any atom is 0.290 e. The maximum absolute atomic E-state index is 14.8. The number of hydrogen-bond acceptors (Lipinski definition) is 10. The van der Waals surface area contributed by atoms with Crippen LogP contribution in [-0.4, -0.2) is 104 Å². The van der Waals surface area contributed by atoms with E-state index < -0.39 is 18.0 Å². The number of anilines is 2. The Balaban J connectivity index is 0.00000145. The van der Waals surface area contributed by atoms with Gasteiger partial charge in [-0.05, 0) is 36.8 Å². The van der Waals surface area contributed by atoms with E-state index in [2.05, 4.69) is 20.6 Å². The molecule has 14 nitrogen and oxygen atoms in total. The minimum Gasteiger partial charge on any atom is -0.483 e. The van der Waals surface area contributed by atoms with Crippen molar-refractivity contribution in [3.05, 3.63) is 70.3 Å². The number of aliphatic hydroxyl groups is 1. The molecule has 4 aromatic rings. The predicted octanol–water partition coefficient (Wildman–Crippen LogP) is 3.20. The van der Waals surface area contributed by atoms with E-state index in [1.807, 2.05) is 0 Å². The lowest BCUT2D eigenvalue weighted by Crippen LogP contribution is -2.54. The van der Waals surface area contributed by atoms with E-state index in [0.717, 1.165) is 0 Å². The lowest BCUT2D eigenvalue weighted by Gasteiger charge is -2.36. The predicted molar refractivity (Wildman–Crippen MR) is 173 cm³/mol. The molecule has 2 aliphatic heterocycles. The molecule has 250 valence electrons. The number of hydrogen-bond donors (Lipinski definition) is 4. The van der Waals surface area contributed by atoms with Crippen molar-refractivity contribution in [2.45, 2.75) is 18.6 Å². The summed E-state index contributed by atoms with van der Waals surface area (Å²) < 4.78 is 21.6. The Bertz CT molecular complexity index is 1880. The van der Waals surface area contributed by atoms with Crippen LogP contribution in [0.1, 0.15) is 16.8 Å². The SMILES string of the molecule is N#CCOc1ccc(-c2cnc3c(Nc4ccc(C(=O)N5CCN(C(=O)[C@@H]6C[C@@H](O)CN6)CC5)c(Cl)c4)nccn23)c(Cl)c1F.O=CO. The van der Waals surface area contributed by atoms with Gasteiger partial charge >= 0.3 is 0 Å².